The minimum Gasteiger partial charge on any atom is -0.337 e. The van der Waals surface area contributed by atoms with E-state index < -0.39 is 0 Å². The fourth-order valence-corrected chi connectivity index (χ4v) is 2.98. The Morgan fingerprint density at radius 1 is 1.17 bits per heavy atom. The molecule has 1 aliphatic carbocycles. The van der Waals surface area contributed by atoms with Crippen LogP contribution in [0.1, 0.15) is 73.6 Å². The SMILES string of the molecule is CC1CCC(N(C(=O)CC(C)(C)C)C(C)C)CC1. The second kappa shape index (κ2) is 6.08. The smallest absolute Gasteiger partial charge is 0.223 e. The van der Waals surface area contributed by atoms with Gasteiger partial charge in [-0.1, -0.05) is 27.7 Å². The van der Waals surface area contributed by atoms with Crippen LogP contribution in [0.5, 0.6) is 0 Å². The molecule has 0 spiro atoms. The summed E-state index contributed by atoms with van der Waals surface area (Å²) >= 11 is 0. The quantitative estimate of drug-likeness (QED) is 0.736. The van der Waals surface area contributed by atoms with Gasteiger partial charge in [-0.25, -0.2) is 0 Å². The maximum absolute atomic E-state index is 12.5. The molecule has 0 saturated heterocycles. The summed E-state index contributed by atoms with van der Waals surface area (Å²) in [5, 5.41) is 0. The minimum atomic E-state index is 0.0895. The Labute approximate surface area is 113 Å². The first kappa shape index (κ1) is 15.5. The van der Waals surface area contributed by atoms with Gasteiger partial charge in [0.25, 0.3) is 0 Å². The summed E-state index contributed by atoms with van der Waals surface area (Å²) < 4.78 is 0. The summed E-state index contributed by atoms with van der Waals surface area (Å²) in [5.41, 5.74) is 0.0895. The fraction of sp³-hybridized carbons (Fsp3) is 0.938. The van der Waals surface area contributed by atoms with Crippen molar-refractivity contribution in [2.24, 2.45) is 11.3 Å². The molecule has 18 heavy (non-hydrogen) atoms. The predicted molar refractivity (Wildman–Crippen MR) is 77.5 cm³/mol. The summed E-state index contributed by atoms with van der Waals surface area (Å²) in [4.78, 5) is 14.7. The van der Waals surface area contributed by atoms with Gasteiger partial charge in [-0.05, 0) is 50.9 Å². The minimum absolute atomic E-state index is 0.0895. The number of carbonyl (C=O) groups is 1. The topological polar surface area (TPSA) is 20.3 Å². The molecular weight excluding hydrogens is 222 g/mol. The Morgan fingerprint density at radius 2 is 1.67 bits per heavy atom. The predicted octanol–water partition coefficient (Wildman–Crippen LogP) is 4.24. The third-order valence-electron chi connectivity index (χ3n) is 3.90. The summed E-state index contributed by atoms with van der Waals surface area (Å²) in [6, 6.07) is 0.814. The van der Waals surface area contributed by atoms with Crippen LogP contribution in [0, 0.1) is 11.3 Å². The van der Waals surface area contributed by atoms with E-state index in [1.54, 1.807) is 0 Å². The molecule has 1 saturated carbocycles. The van der Waals surface area contributed by atoms with E-state index in [4.69, 9.17) is 0 Å². The average Bonchev–Trinajstić information content (AvgIpc) is 2.18. The van der Waals surface area contributed by atoms with E-state index in [0.29, 0.717) is 24.4 Å². The van der Waals surface area contributed by atoms with Crippen LogP contribution >= 0.6 is 0 Å². The lowest BCUT2D eigenvalue weighted by atomic mass is 9.85. The maximum Gasteiger partial charge on any atom is 0.223 e. The number of hydrogen-bond donors (Lipinski definition) is 0. The molecule has 1 rings (SSSR count). The number of amides is 1. The van der Waals surface area contributed by atoms with Crippen molar-refractivity contribution in [1.82, 2.24) is 4.90 Å². The second-order valence-corrected chi connectivity index (χ2v) is 7.55. The normalized spacial score (nSPS) is 25.3. The molecule has 0 radical (unpaired) electrons. The van der Waals surface area contributed by atoms with E-state index in [0.717, 1.165) is 5.92 Å². The van der Waals surface area contributed by atoms with Gasteiger partial charge in [0.05, 0.1) is 0 Å². The lowest BCUT2D eigenvalue weighted by molar-refractivity contribution is -0.138. The molecule has 0 aromatic carbocycles. The molecule has 0 atom stereocenters. The van der Waals surface area contributed by atoms with E-state index in [2.05, 4.69) is 46.4 Å². The molecule has 0 aromatic heterocycles. The fourth-order valence-electron chi connectivity index (χ4n) is 2.98. The van der Waals surface area contributed by atoms with Crippen LogP contribution in [0.4, 0.5) is 0 Å². The van der Waals surface area contributed by atoms with Crippen LogP contribution in [0.2, 0.25) is 0 Å². The maximum atomic E-state index is 12.5. The molecule has 2 heteroatoms. The molecule has 0 unspecified atom stereocenters. The molecule has 1 amide bonds. The summed E-state index contributed by atoms with van der Waals surface area (Å²) in [7, 11) is 0. The van der Waals surface area contributed by atoms with Crippen molar-refractivity contribution in [3.05, 3.63) is 0 Å². The largest absolute Gasteiger partial charge is 0.337 e. The van der Waals surface area contributed by atoms with Gasteiger partial charge in [0.15, 0.2) is 0 Å². The van der Waals surface area contributed by atoms with Crippen LogP contribution in [-0.4, -0.2) is 22.9 Å². The lowest BCUT2D eigenvalue weighted by Gasteiger charge is -2.40. The number of nitrogens with zero attached hydrogens (tertiary/aromatic N) is 1. The van der Waals surface area contributed by atoms with E-state index in [1.165, 1.54) is 25.7 Å². The molecule has 2 nitrogen and oxygen atoms in total. The van der Waals surface area contributed by atoms with Crippen LogP contribution in [-0.2, 0) is 4.79 Å². The molecular formula is C16H31NO. The van der Waals surface area contributed by atoms with Crippen molar-refractivity contribution in [3.8, 4) is 0 Å². The number of carbonyl (C=O) groups excluding carboxylic acids is 1. The molecule has 0 aliphatic heterocycles. The van der Waals surface area contributed by atoms with Gasteiger partial charge in [-0.3, -0.25) is 4.79 Å². The van der Waals surface area contributed by atoms with Gasteiger partial charge < -0.3 is 4.90 Å². The lowest BCUT2D eigenvalue weighted by Crippen LogP contribution is -2.47. The number of rotatable bonds is 3. The van der Waals surface area contributed by atoms with Crippen molar-refractivity contribution in [2.45, 2.75) is 85.7 Å². The van der Waals surface area contributed by atoms with Crippen molar-refractivity contribution >= 4 is 5.91 Å². The highest BCUT2D eigenvalue weighted by atomic mass is 16.2. The molecule has 0 aromatic rings. The van der Waals surface area contributed by atoms with E-state index in [1.807, 2.05) is 0 Å². The average molecular weight is 253 g/mol. The van der Waals surface area contributed by atoms with Crippen LogP contribution in [0.3, 0.4) is 0 Å². The van der Waals surface area contributed by atoms with Crippen molar-refractivity contribution < 1.29 is 4.79 Å². The van der Waals surface area contributed by atoms with E-state index in [-0.39, 0.29) is 5.41 Å². The third kappa shape index (κ3) is 4.62. The van der Waals surface area contributed by atoms with E-state index in [9.17, 15) is 4.79 Å². The van der Waals surface area contributed by atoms with Gasteiger partial charge in [0.1, 0.15) is 0 Å². The first-order chi connectivity index (χ1) is 8.20. The van der Waals surface area contributed by atoms with Gasteiger partial charge in [0.2, 0.25) is 5.91 Å². The summed E-state index contributed by atoms with van der Waals surface area (Å²) in [6.07, 6.45) is 5.59. The van der Waals surface area contributed by atoms with Gasteiger partial charge >= 0.3 is 0 Å². The summed E-state index contributed by atoms with van der Waals surface area (Å²) in [6.45, 7) is 13.1. The zero-order valence-corrected chi connectivity index (χ0v) is 13.1. The molecule has 1 aliphatic rings. The van der Waals surface area contributed by atoms with Crippen molar-refractivity contribution in [2.75, 3.05) is 0 Å². The van der Waals surface area contributed by atoms with Gasteiger partial charge in [-0.15, -0.1) is 0 Å². The molecule has 1 fully saturated rings. The Balaban J connectivity index is 2.68. The molecule has 0 bridgehead atoms. The Morgan fingerprint density at radius 3 is 2.06 bits per heavy atom. The highest BCUT2D eigenvalue weighted by Gasteiger charge is 2.31. The Hall–Kier alpha value is -0.530. The van der Waals surface area contributed by atoms with Crippen LogP contribution in [0.25, 0.3) is 0 Å². The zero-order chi connectivity index (χ0) is 13.9. The zero-order valence-electron chi connectivity index (χ0n) is 13.1. The molecule has 0 N–H and O–H groups in total. The standard InChI is InChI=1S/C16H31NO/c1-12(2)17(15(18)11-16(4,5)6)14-9-7-13(3)8-10-14/h12-14H,7-11H2,1-6H3. The third-order valence-corrected chi connectivity index (χ3v) is 3.90. The number of hydrogen-bond acceptors (Lipinski definition) is 1. The molecule has 0 heterocycles. The van der Waals surface area contributed by atoms with Gasteiger partial charge in [-0.2, -0.15) is 0 Å². The summed E-state index contributed by atoms with van der Waals surface area (Å²) in [5.74, 6) is 1.19. The monoisotopic (exact) mass is 253 g/mol. The highest BCUT2D eigenvalue weighted by Crippen LogP contribution is 2.30. The van der Waals surface area contributed by atoms with E-state index >= 15 is 0 Å². The Bertz CT molecular complexity index is 269. The second-order valence-electron chi connectivity index (χ2n) is 7.55. The van der Waals surface area contributed by atoms with Gasteiger partial charge in [0, 0.05) is 18.5 Å². The highest BCUT2D eigenvalue weighted by molar-refractivity contribution is 5.77. The van der Waals surface area contributed by atoms with Crippen molar-refractivity contribution in [3.63, 3.8) is 0 Å². The first-order valence-electron chi connectivity index (χ1n) is 7.52. The van der Waals surface area contributed by atoms with Crippen LogP contribution in [0.15, 0.2) is 0 Å². The first-order valence-corrected chi connectivity index (χ1v) is 7.52. The van der Waals surface area contributed by atoms with Crippen molar-refractivity contribution in [1.29, 1.82) is 0 Å². The van der Waals surface area contributed by atoms with Crippen LogP contribution < -0.4 is 0 Å². The Kier molecular flexibility index (Phi) is 5.24. The molecule has 106 valence electrons.